The van der Waals surface area contributed by atoms with Crippen LogP contribution in [0, 0.1) is 5.41 Å². The molecule has 0 spiro atoms. The highest BCUT2D eigenvalue weighted by Crippen LogP contribution is 2.17. The van der Waals surface area contributed by atoms with Gasteiger partial charge in [0.15, 0.2) is 5.96 Å². The van der Waals surface area contributed by atoms with E-state index in [1.54, 1.807) is 12.1 Å². The molecule has 0 heterocycles. The van der Waals surface area contributed by atoms with Gasteiger partial charge in [0, 0.05) is 12.2 Å². The number of esters is 1. The second-order valence-electron chi connectivity index (χ2n) is 9.62. The molecule has 0 bridgehead atoms. The first kappa shape index (κ1) is 34.0. The van der Waals surface area contributed by atoms with Crippen LogP contribution < -0.4 is 21.1 Å². The fourth-order valence-corrected chi connectivity index (χ4v) is 3.90. The molecule has 0 radical (unpaired) electrons. The van der Waals surface area contributed by atoms with Crippen LogP contribution in [0.2, 0.25) is 0 Å². The van der Waals surface area contributed by atoms with E-state index < -0.39 is 54.9 Å². The zero-order chi connectivity index (χ0) is 33.8. The molecule has 8 N–H and O–H groups in total. The van der Waals surface area contributed by atoms with Crippen molar-refractivity contribution < 1.29 is 53.6 Å². The number of rotatable bonds is 14. The summed E-state index contributed by atoms with van der Waals surface area (Å²) in [7, 11) is 0. The van der Waals surface area contributed by atoms with Gasteiger partial charge in [-0.15, -0.1) is 0 Å². The summed E-state index contributed by atoms with van der Waals surface area (Å²) in [6.07, 6.45) is -1.92. The highest BCUT2D eigenvalue weighted by Gasteiger charge is 2.26. The van der Waals surface area contributed by atoms with Crippen LogP contribution in [0.1, 0.15) is 38.3 Å². The number of nitrogens with one attached hydrogen (secondary N) is 3. The van der Waals surface area contributed by atoms with Crippen molar-refractivity contribution in [1.29, 1.82) is 5.41 Å². The summed E-state index contributed by atoms with van der Waals surface area (Å²) < 4.78 is 10.7. The lowest BCUT2D eigenvalue weighted by Crippen LogP contribution is -2.47. The van der Waals surface area contributed by atoms with E-state index in [1.165, 1.54) is 60.7 Å². The number of aliphatic carboxylic acids is 2. The summed E-state index contributed by atoms with van der Waals surface area (Å²) >= 11 is 0. The Hall–Kier alpha value is -6.45. The number of carbonyl (C=O) groups is 6. The molecule has 0 fully saturated rings. The van der Waals surface area contributed by atoms with Crippen molar-refractivity contribution in [2.24, 2.45) is 5.73 Å². The van der Waals surface area contributed by atoms with Crippen molar-refractivity contribution >= 4 is 47.5 Å². The number of hydrogen-bond donors (Lipinski definition) is 7. The van der Waals surface area contributed by atoms with Gasteiger partial charge < -0.3 is 41.2 Å². The van der Waals surface area contributed by atoms with Crippen molar-refractivity contribution in [2.45, 2.75) is 25.6 Å². The monoisotopic (exact) mass is 635 g/mol. The van der Waals surface area contributed by atoms with Gasteiger partial charge in [-0.3, -0.25) is 19.9 Å². The molecule has 3 aromatic carbocycles. The number of benzene rings is 3. The van der Waals surface area contributed by atoms with Crippen LogP contribution in [0.25, 0.3) is 0 Å². The molecule has 0 aliphatic rings. The van der Waals surface area contributed by atoms with Gasteiger partial charge in [-0.05, 0) is 59.7 Å². The first-order chi connectivity index (χ1) is 21.8. The maximum absolute atomic E-state index is 13.0. The van der Waals surface area contributed by atoms with Crippen molar-refractivity contribution in [3.05, 3.63) is 95.1 Å². The Balaban J connectivity index is 1.66. The van der Waals surface area contributed by atoms with E-state index in [0.717, 1.165) is 4.90 Å². The molecule has 240 valence electrons. The van der Waals surface area contributed by atoms with Crippen LogP contribution in [0.4, 0.5) is 10.5 Å². The predicted molar refractivity (Wildman–Crippen MR) is 159 cm³/mol. The van der Waals surface area contributed by atoms with Crippen molar-refractivity contribution in [2.75, 3.05) is 11.9 Å². The quantitative estimate of drug-likeness (QED) is 0.0580. The lowest BCUT2D eigenvalue weighted by Gasteiger charge is -2.23. The topological polar surface area (TPSA) is 259 Å². The Morgan fingerprint density at radius 3 is 2.13 bits per heavy atom. The normalized spacial score (nSPS) is 11.0. The van der Waals surface area contributed by atoms with E-state index in [2.05, 4.69) is 5.32 Å². The molecular formula is C30H29N5O11. The minimum atomic E-state index is -1.76. The van der Waals surface area contributed by atoms with Crippen LogP contribution in [0.15, 0.2) is 72.8 Å². The van der Waals surface area contributed by atoms with Gasteiger partial charge in [-0.25, -0.2) is 19.2 Å². The van der Waals surface area contributed by atoms with Gasteiger partial charge in [-0.2, -0.15) is 0 Å². The second kappa shape index (κ2) is 15.9. The molecule has 1 atom stereocenters. The van der Waals surface area contributed by atoms with Crippen LogP contribution >= 0.6 is 0 Å². The van der Waals surface area contributed by atoms with Gasteiger partial charge >= 0.3 is 30.0 Å². The van der Waals surface area contributed by atoms with E-state index in [1.807, 2.05) is 5.32 Å². The fraction of sp³-hybridized carbons (Fsp3) is 0.167. The minimum Gasteiger partial charge on any atom is -0.481 e. The van der Waals surface area contributed by atoms with E-state index in [0.29, 0.717) is 16.8 Å². The van der Waals surface area contributed by atoms with E-state index >= 15 is 0 Å². The standard InChI is InChI=1S/C30H29N5O11/c31-29(32)33-21-8-6-19(7-9-21)28(43)46-22-10-4-17(5-11-22)16-45-30(44)35(14-18-2-1-3-20(12-18)26(39)40)15-24(36)34-23(27(41)42)13-25(37)38/h1-12,23H,13-16H2,(H,34,36)(H,37,38)(H,39,40)(H,41,42)(H4,31,32,33)/t23-/m0/s1. The predicted octanol–water partition coefficient (Wildman–Crippen LogP) is 2.09. The second-order valence-corrected chi connectivity index (χ2v) is 9.62. The third kappa shape index (κ3) is 10.7. The number of nitrogens with two attached hydrogens (primary N) is 1. The Labute approximate surface area is 260 Å². The fourth-order valence-electron chi connectivity index (χ4n) is 3.90. The van der Waals surface area contributed by atoms with Gasteiger partial charge in [-0.1, -0.05) is 24.3 Å². The van der Waals surface area contributed by atoms with Crippen molar-refractivity contribution in [1.82, 2.24) is 10.2 Å². The molecule has 0 saturated heterocycles. The molecule has 0 aliphatic heterocycles. The number of guanidine groups is 1. The average molecular weight is 636 g/mol. The molecule has 0 aromatic heterocycles. The van der Waals surface area contributed by atoms with Gasteiger partial charge in [0.2, 0.25) is 5.91 Å². The number of carboxylic acids is 3. The largest absolute Gasteiger partial charge is 0.481 e. The Bertz CT molecular complexity index is 1620. The van der Waals surface area contributed by atoms with Crippen LogP contribution in [0.3, 0.4) is 0 Å². The third-order valence-electron chi connectivity index (χ3n) is 6.05. The summed E-state index contributed by atoms with van der Waals surface area (Å²) in [4.78, 5) is 72.7. The number of anilines is 1. The van der Waals surface area contributed by atoms with Gasteiger partial charge in [0.05, 0.1) is 17.5 Å². The summed E-state index contributed by atoms with van der Waals surface area (Å²) in [5.41, 5.74) is 6.74. The first-order valence-corrected chi connectivity index (χ1v) is 13.3. The third-order valence-corrected chi connectivity index (χ3v) is 6.05. The van der Waals surface area contributed by atoms with Gasteiger partial charge in [0.25, 0.3) is 0 Å². The summed E-state index contributed by atoms with van der Waals surface area (Å²) in [5, 5.41) is 39.3. The molecule has 0 saturated carbocycles. The lowest BCUT2D eigenvalue weighted by molar-refractivity contribution is -0.147. The number of ether oxygens (including phenoxy) is 2. The molecule has 2 amide bonds. The van der Waals surface area contributed by atoms with Crippen LogP contribution in [0.5, 0.6) is 5.75 Å². The zero-order valence-electron chi connectivity index (χ0n) is 24.0. The Kier molecular flexibility index (Phi) is 11.7. The maximum Gasteiger partial charge on any atom is 0.410 e. The molecule has 3 aromatic rings. The SMILES string of the molecule is N=C(N)Nc1ccc(C(=O)Oc2ccc(COC(=O)N(CC(=O)N[C@@H](CC(=O)O)C(=O)O)Cc3cccc(C(=O)O)c3)cc2)cc1. The summed E-state index contributed by atoms with van der Waals surface area (Å²) in [6, 6.07) is 15.8. The number of aromatic carboxylic acids is 1. The van der Waals surface area contributed by atoms with Crippen LogP contribution in [-0.2, 0) is 32.3 Å². The molecule has 16 heteroatoms. The first-order valence-electron chi connectivity index (χ1n) is 13.3. The van der Waals surface area contributed by atoms with Crippen LogP contribution in [-0.4, -0.2) is 74.6 Å². The number of carboxylic acid groups (broad SMARTS) is 3. The van der Waals surface area contributed by atoms with Gasteiger partial charge in [0.1, 0.15) is 24.9 Å². The molecule has 46 heavy (non-hydrogen) atoms. The summed E-state index contributed by atoms with van der Waals surface area (Å²) in [6.45, 7) is -1.33. The number of hydrogen-bond acceptors (Lipinski definition) is 9. The minimum absolute atomic E-state index is 0.0783. The van der Waals surface area contributed by atoms with Crippen molar-refractivity contribution in [3.8, 4) is 5.75 Å². The summed E-state index contributed by atoms with van der Waals surface area (Å²) in [5.74, 6) is -5.98. The molecule has 16 nitrogen and oxygen atoms in total. The molecule has 0 unspecified atom stereocenters. The molecule has 0 aliphatic carbocycles. The number of nitrogens with zero attached hydrogens (tertiary/aromatic N) is 1. The highest BCUT2D eigenvalue weighted by molar-refractivity contribution is 5.93. The lowest BCUT2D eigenvalue weighted by atomic mass is 10.1. The van der Waals surface area contributed by atoms with E-state index in [9.17, 15) is 39.0 Å². The number of carbonyl (C=O) groups excluding carboxylic acids is 3. The van der Waals surface area contributed by atoms with E-state index in [-0.39, 0.29) is 36.0 Å². The average Bonchev–Trinajstić information content (AvgIpc) is 2.99. The number of amides is 2. The highest BCUT2D eigenvalue weighted by atomic mass is 16.6. The molecule has 3 rings (SSSR count). The van der Waals surface area contributed by atoms with Crippen molar-refractivity contribution in [3.63, 3.8) is 0 Å². The smallest absolute Gasteiger partial charge is 0.410 e. The maximum atomic E-state index is 13.0. The Morgan fingerprint density at radius 2 is 1.54 bits per heavy atom. The zero-order valence-corrected chi connectivity index (χ0v) is 24.0. The van der Waals surface area contributed by atoms with E-state index in [4.69, 9.17) is 25.7 Å². The Morgan fingerprint density at radius 1 is 0.870 bits per heavy atom. The molecular weight excluding hydrogens is 606 g/mol.